The van der Waals surface area contributed by atoms with Gasteiger partial charge in [-0.2, -0.15) is 0 Å². The summed E-state index contributed by atoms with van der Waals surface area (Å²) >= 11 is 0. The first-order valence-electron chi connectivity index (χ1n) is 7.86. The second-order valence-electron chi connectivity index (χ2n) is 6.49. The minimum atomic E-state index is 0.894. The minimum absolute atomic E-state index is 0.894. The normalized spacial score (nSPS) is 19.0. The smallest absolute Gasteiger partial charge is 0.0316 e. The van der Waals surface area contributed by atoms with E-state index in [-0.39, 0.29) is 0 Å². The standard InChI is InChI=1S/C17H26N2/c18-17-5-1-3-14(11-17)4-2-10-19(12-15-6-7-15)13-16-8-9-16/h1,3,5,11,15-16H,2,4,6-10,12-13,18H2. The Kier molecular flexibility index (Phi) is 4.07. The first kappa shape index (κ1) is 13.0. The molecule has 0 aliphatic heterocycles. The number of nitrogens with two attached hydrogens (primary N) is 1. The number of anilines is 1. The van der Waals surface area contributed by atoms with E-state index in [0.29, 0.717) is 0 Å². The molecule has 2 nitrogen and oxygen atoms in total. The van der Waals surface area contributed by atoms with Crippen molar-refractivity contribution >= 4 is 5.69 Å². The molecule has 2 aliphatic carbocycles. The van der Waals surface area contributed by atoms with Gasteiger partial charge in [-0.15, -0.1) is 0 Å². The molecule has 0 aromatic heterocycles. The van der Waals surface area contributed by atoms with Gasteiger partial charge in [0, 0.05) is 18.8 Å². The van der Waals surface area contributed by atoms with Crippen molar-refractivity contribution < 1.29 is 0 Å². The van der Waals surface area contributed by atoms with E-state index in [9.17, 15) is 0 Å². The number of rotatable bonds is 8. The maximum atomic E-state index is 5.83. The summed E-state index contributed by atoms with van der Waals surface area (Å²) in [7, 11) is 0. The quantitative estimate of drug-likeness (QED) is 0.725. The van der Waals surface area contributed by atoms with Crippen LogP contribution >= 0.6 is 0 Å². The van der Waals surface area contributed by atoms with E-state index < -0.39 is 0 Å². The van der Waals surface area contributed by atoms with Crippen LogP contribution in [0.1, 0.15) is 37.7 Å². The molecule has 2 heteroatoms. The van der Waals surface area contributed by atoms with Crippen LogP contribution in [0.2, 0.25) is 0 Å². The fraction of sp³-hybridized carbons (Fsp3) is 0.647. The van der Waals surface area contributed by atoms with E-state index in [1.54, 1.807) is 0 Å². The lowest BCUT2D eigenvalue weighted by atomic mass is 10.1. The van der Waals surface area contributed by atoms with Crippen LogP contribution in [0.3, 0.4) is 0 Å². The molecule has 0 atom stereocenters. The third kappa shape index (κ3) is 4.54. The van der Waals surface area contributed by atoms with Gasteiger partial charge in [-0.3, -0.25) is 0 Å². The predicted molar refractivity (Wildman–Crippen MR) is 81.1 cm³/mol. The predicted octanol–water partition coefficient (Wildman–Crippen LogP) is 3.32. The summed E-state index contributed by atoms with van der Waals surface area (Å²) in [5.41, 5.74) is 8.11. The van der Waals surface area contributed by atoms with Crippen molar-refractivity contribution in [2.75, 3.05) is 25.4 Å². The number of benzene rings is 1. The van der Waals surface area contributed by atoms with E-state index in [0.717, 1.165) is 23.9 Å². The molecule has 0 saturated heterocycles. The van der Waals surface area contributed by atoms with E-state index >= 15 is 0 Å². The van der Waals surface area contributed by atoms with Gasteiger partial charge < -0.3 is 10.6 Å². The Balaban J connectivity index is 1.42. The Labute approximate surface area is 117 Å². The third-order valence-electron chi connectivity index (χ3n) is 4.32. The Bertz CT molecular complexity index is 393. The van der Waals surface area contributed by atoms with Crippen LogP contribution in [-0.2, 0) is 6.42 Å². The second kappa shape index (κ2) is 5.96. The van der Waals surface area contributed by atoms with Crippen LogP contribution in [0.5, 0.6) is 0 Å². The van der Waals surface area contributed by atoms with Crippen LogP contribution in [0.4, 0.5) is 5.69 Å². The Morgan fingerprint density at radius 2 is 1.74 bits per heavy atom. The number of aryl methyl sites for hydroxylation is 1. The van der Waals surface area contributed by atoms with Gasteiger partial charge in [0.25, 0.3) is 0 Å². The Hall–Kier alpha value is -1.02. The molecule has 2 fully saturated rings. The summed E-state index contributed by atoms with van der Waals surface area (Å²) < 4.78 is 0. The summed E-state index contributed by atoms with van der Waals surface area (Å²) in [6.45, 7) is 3.97. The molecule has 2 saturated carbocycles. The highest BCUT2D eigenvalue weighted by Gasteiger charge is 2.28. The SMILES string of the molecule is Nc1cccc(CCCN(CC2CC2)CC2CC2)c1. The molecule has 0 bridgehead atoms. The van der Waals surface area contributed by atoms with E-state index in [2.05, 4.69) is 23.1 Å². The number of nitrogen functional groups attached to an aromatic ring is 1. The molecule has 0 radical (unpaired) electrons. The molecule has 1 aromatic rings. The topological polar surface area (TPSA) is 29.3 Å². The van der Waals surface area contributed by atoms with Crippen molar-refractivity contribution in [3.63, 3.8) is 0 Å². The lowest BCUT2D eigenvalue weighted by Crippen LogP contribution is -2.29. The van der Waals surface area contributed by atoms with Crippen molar-refractivity contribution in [1.82, 2.24) is 4.90 Å². The van der Waals surface area contributed by atoms with Gasteiger partial charge in [-0.05, 0) is 74.6 Å². The summed E-state index contributed by atoms with van der Waals surface area (Å²) in [5.74, 6) is 2.04. The Morgan fingerprint density at radius 3 is 2.32 bits per heavy atom. The number of hydrogen-bond acceptors (Lipinski definition) is 2. The highest BCUT2D eigenvalue weighted by Crippen LogP contribution is 2.33. The van der Waals surface area contributed by atoms with Crippen molar-refractivity contribution in [2.24, 2.45) is 11.8 Å². The van der Waals surface area contributed by atoms with Gasteiger partial charge in [-0.1, -0.05) is 12.1 Å². The minimum Gasteiger partial charge on any atom is -0.399 e. The molecule has 0 spiro atoms. The lowest BCUT2D eigenvalue weighted by molar-refractivity contribution is 0.249. The molecular weight excluding hydrogens is 232 g/mol. The zero-order valence-corrected chi connectivity index (χ0v) is 11.9. The first-order valence-corrected chi connectivity index (χ1v) is 7.86. The van der Waals surface area contributed by atoms with E-state index in [4.69, 9.17) is 5.73 Å². The summed E-state index contributed by atoms with van der Waals surface area (Å²) in [4.78, 5) is 2.72. The molecule has 2 aliphatic rings. The molecule has 19 heavy (non-hydrogen) atoms. The number of nitrogens with zero attached hydrogens (tertiary/aromatic N) is 1. The van der Waals surface area contributed by atoms with Gasteiger partial charge in [0.2, 0.25) is 0 Å². The van der Waals surface area contributed by atoms with Crippen LogP contribution in [0, 0.1) is 11.8 Å². The summed E-state index contributed by atoms with van der Waals surface area (Å²) in [6.07, 6.45) is 8.30. The highest BCUT2D eigenvalue weighted by molar-refractivity contribution is 5.40. The molecule has 0 amide bonds. The van der Waals surface area contributed by atoms with Crippen molar-refractivity contribution in [2.45, 2.75) is 38.5 Å². The van der Waals surface area contributed by atoms with Gasteiger partial charge in [0.1, 0.15) is 0 Å². The highest BCUT2D eigenvalue weighted by atomic mass is 15.1. The average Bonchev–Trinajstić information content (AvgIpc) is 3.25. The molecule has 104 valence electrons. The fourth-order valence-electron chi connectivity index (χ4n) is 2.84. The van der Waals surface area contributed by atoms with Gasteiger partial charge in [-0.25, -0.2) is 0 Å². The van der Waals surface area contributed by atoms with Crippen molar-refractivity contribution in [3.05, 3.63) is 29.8 Å². The monoisotopic (exact) mass is 258 g/mol. The average molecular weight is 258 g/mol. The molecule has 0 unspecified atom stereocenters. The van der Waals surface area contributed by atoms with Crippen LogP contribution in [-0.4, -0.2) is 24.5 Å². The summed E-state index contributed by atoms with van der Waals surface area (Å²) in [6, 6.07) is 8.35. The zero-order chi connectivity index (χ0) is 13.1. The van der Waals surface area contributed by atoms with Crippen molar-refractivity contribution in [1.29, 1.82) is 0 Å². The number of hydrogen-bond donors (Lipinski definition) is 1. The van der Waals surface area contributed by atoms with E-state index in [1.165, 1.54) is 57.3 Å². The van der Waals surface area contributed by atoms with Crippen LogP contribution in [0.15, 0.2) is 24.3 Å². The third-order valence-corrected chi connectivity index (χ3v) is 4.32. The van der Waals surface area contributed by atoms with Crippen molar-refractivity contribution in [3.8, 4) is 0 Å². The molecule has 3 rings (SSSR count). The summed E-state index contributed by atoms with van der Waals surface area (Å²) in [5, 5.41) is 0. The van der Waals surface area contributed by atoms with Crippen LogP contribution in [0.25, 0.3) is 0 Å². The molecule has 1 aromatic carbocycles. The Morgan fingerprint density at radius 1 is 1.05 bits per heavy atom. The first-order chi connectivity index (χ1) is 9.29. The lowest BCUT2D eigenvalue weighted by Gasteiger charge is -2.22. The molecule has 2 N–H and O–H groups in total. The van der Waals surface area contributed by atoms with Crippen LogP contribution < -0.4 is 5.73 Å². The van der Waals surface area contributed by atoms with Gasteiger partial charge >= 0.3 is 0 Å². The van der Waals surface area contributed by atoms with Gasteiger partial charge in [0.15, 0.2) is 0 Å². The molecular formula is C17H26N2. The maximum absolute atomic E-state index is 5.83. The maximum Gasteiger partial charge on any atom is 0.0316 e. The second-order valence-corrected chi connectivity index (χ2v) is 6.49. The fourth-order valence-corrected chi connectivity index (χ4v) is 2.84. The zero-order valence-electron chi connectivity index (χ0n) is 11.9. The molecule has 0 heterocycles. The largest absolute Gasteiger partial charge is 0.399 e. The van der Waals surface area contributed by atoms with E-state index in [1.807, 2.05) is 6.07 Å². The van der Waals surface area contributed by atoms with Gasteiger partial charge in [0.05, 0.1) is 0 Å².